The molecule has 2 aromatic carbocycles. The molecule has 0 radical (unpaired) electrons. The Morgan fingerprint density at radius 2 is 1.43 bits per heavy atom. The van der Waals surface area contributed by atoms with Gasteiger partial charge in [0, 0.05) is 43.0 Å². The number of phenols is 4. The van der Waals surface area contributed by atoms with E-state index in [4.69, 9.17) is 46.6 Å². The molecule has 51 heavy (non-hydrogen) atoms. The maximum Gasteiger partial charge on any atom is 0.239 e. The SMILES string of the molecule is C[C@@H]1O[C@@H](OC[C@H]2O[C@@H](Oc3c(-c4ccc(O)c(O)c4)oc4cc(O)c(CN(CCCl)CCCl)c(O)c4c3=O)[C@H](O)[C@@H](O)[C@@H]2O)[C@H](O)[C@H](O)[C@H]1O. The van der Waals surface area contributed by atoms with Crippen molar-refractivity contribution in [2.75, 3.05) is 31.5 Å². The highest BCUT2D eigenvalue weighted by molar-refractivity contribution is 6.18. The van der Waals surface area contributed by atoms with Crippen LogP contribution in [-0.2, 0) is 20.8 Å². The van der Waals surface area contributed by atoms with Crippen molar-refractivity contribution in [3.63, 3.8) is 0 Å². The molecule has 3 heterocycles. The van der Waals surface area contributed by atoms with E-state index in [1.165, 1.54) is 13.0 Å². The lowest BCUT2D eigenvalue weighted by atomic mass is 9.98. The van der Waals surface area contributed by atoms with Gasteiger partial charge in [0.2, 0.25) is 17.5 Å². The lowest BCUT2D eigenvalue weighted by molar-refractivity contribution is -0.318. The molecule has 282 valence electrons. The molecule has 0 amide bonds. The van der Waals surface area contributed by atoms with Crippen molar-refractivity contribution < 1.29 is 74.4 Å². The average molecular weight is 765 g/mol. The molecule has 5 rings (SSSR count). The second-order valence-corrected chi connectivity index (χ2v) is 12.9. The molecular weight excluding hydrogens is 725 g/mol. The first-order chi connectivity index (χ1) is 24.2. The predicted octanol–water partition coefficient (Wildman–Crippen LogP) is -0.407. The van der Waals surface area contributed by atoms with Gasteiger partial charge in [-0.05, 0) is 25.1 Å². The molecular formula is C32H39Cl2NO16. The lowest BCUT2D eigenvalue weighted by Crippen LogP contribution is -2.61. The van der Waals surface area contributed by atoms with Gasteiger partial charge in [0.15, 0.2) is 23.5 Å². The molecule has 0 aliphatic carbocycles. The minimum absolute atomic E-state index is 0.0539. The molecule has 3 aromatic rings. The van der Waals surface area contributed by atoms with E-state index in [9.17, 15) is 55.9 Å². The minimum atomic E-state index is -2.01. The Morgan fingerprint density at radius 1 is 0.784 bits per heavy atom. The van der Waals surface area contributed by atoms with E-state index in [0.29, 0.717) is 13.1 Å². The zero-order chi connectivity index (χ0) is 37.3. The van der Waals surface area contributed by atoms with E-state index in [1.807, 2.05) is 0 Å². The van der Waals surface area contributed by atoms with Crippen molar-refractivity contribution in [2.24, 2.45) is 0 Å². The van der Waals surface area contributed by atoms with E-state index in [2.05, 4.69) is 0 Å². The zero-order valence-electron chi connectivity index (χ0n) is 27.0. The number of ether oxygens (including phenoxy) is 4. The number of rotatable bonds is 12. The van der Waals surface area contributed by atoms with Gasteiger partial charge in [0.05, 0.1) is 18.3 Å². The van der Waals surface area contributed by atoms with Crippen molar-refractivity contribution in [3.05, 3.63) is 40.1 Å². The van der Waals surface area contributed by atoms with Crippen LogP contribution in [0, 0.1) is 0 Å². The van der Waals surface area contributed by atoms with Gasteiger partial charge in [0.1, 0.15) is 65.2 Å². The average Bonchev–Trinajstić information content (AvgIpc) is 3.09. The Kier molecular flexibility index (Phi) is 12.4. The highest BCUT2D eigenvalue weighted by atomic mass is 35.5. The number of alkyl halides is 2. The normalized spacial score (nSPS) is 29.8. The second kappa shape index (κ2) is 16.2. The van der Waals surface area contributed by atoms with Crippen molar-refractivity contribution in [3.8, 4) is 40.1 Å². The lowest BCUT2D eigenvalue weighted by Gasteiger charge is -2.42. The van der Waals surface area contributed by atoms with Crippen molar-refractivity contribution in [1.29, 1.82) is 0 Å². The summed E-state index contributed by atoms with van der Waals surface area (Å²) < 4.78 is 28.4. The third-order valence-corrected chi connectivity index (χ3v) is 9.09. The van der Waals surface area contributed by atoms with Crippen LogP contribution in [0.15, 0.2) is 33.5 Å². The zero-order valence-corrected chi connectivity index (χ0v) is 28.5. The largest absolute Gasteiger partial charge is 0.507 e. The van der Waals surface area contributed by atoms with Crippen LogP contribution in [0.2, 0.25) is 0 Å². The van der Waals surface area contributed by atoms with E-state index < -0.39 is 113 Å². The maximum absolute atomic E-state index is 14.2. The van der Waals surface area contributed by atoms with Crippen LogP contribution in [0.1, 0.15) is 12.5 Å². The number of hydrogen-bond acceptors (Lipinski definition) is 17. The Balaban J connectivity index is 1.54. The summed E-state index contributed by atoms with van der Waals surface area (Å²) in [6.07, 6.45) is -16.4. The van der Waals surface area contributed by atoms with Crippen molar-refractivity contribution in [1.82, 2.24) is 4.90 Å². The summed E-state index contributed by atoms with van der Waals surface area (Å²) in [6.45, 7) is 1.35. The molecule has 0 bridgehead atoms. The molecule has 1 aromatic heterocycles. The first-order valence-electron chi connectivity index (χ1n) is 15.8. The molecule has 17 nitrogen and oxygen atoms in total. The van der Waals surface area contributed by atoms with Crippen LogP contribution in [0.3, 0.4) is 0 Å². The van der Waals surface area contributed by atoms with Gasteiger partial charge >= 0.3 is 0 Å². The summed E-state index contributed by atoms with van der Waals surface area (Å²) in [6, 6.07) is 4.42. The molecule has 2 aliphatic heterocycles. The molecule has 0 saturated carbocycles. The van der Waals surface area contributed by atoms with Crippen LogP contribution in [0.4, 0.5) is 0 Å². The molecule has 2 fully saturated rings. The van der Waals surface area contributed by atoms with Crippen LogP contribution in [-0.4, -0.2) is 149 Å². The Bertz CT molecular complexity index is 1740. The Labute approximate surface area is 299 Å². The first-order valence-corrected chi connectivity index (χ1v) is 16.8. The standard InChI is InChI=1S/C32H39Cl2NO16/c1-12-21(39)25(43)27(45)31(48-12)47-11-19-23(41)26(44)28(46)32(50-19)51-30-24(42)20-18(49-29(30)13-2-3-15(36)17(38)8-13)9-16(37)14(22(20)40)10-35(6-4-33)7-5-34/h2-3,8-9,12,19,21,23,25-28,31-32,36-41,43-46H,4-7,10-11H2,1H3/t12-,19+,21-,23+,25+,26-,27+,28+,31+,32-/m0/s1. The summed E-state index contributed by atoms with van der Waals surface area (Å²) >= 11 is 11.8. The van der Waals surface area contributed by atoms with Gasteiger partial charge in [-0.25, -0.2) is 0 Å². The molecule has 0 spiro atoms. The summed E-state index contributed by atoms with van der Waals surface area (Å²) in [4.78, 5) is 15.9. The topological polar surface area (TPSA) is 273 Å². The monoisotopic (exact) mass is 763 g/mol. The molecule has 10 N–H and O–H groups in total. The number of nitrogens with zero attached hydrogens (tertiary/aromatic N) is 1. The predicted molar refractivity (Wildman–Crippen MR) is 177 cm³/mol. The van der Waals surface area contributed by atoms with Crippen LogP contribution in [0.25, 0.3) is 22.3 Å². The number of hydrogen-bond donors (Lipinski definition) is 10. The van der Waals surface area contributed by atoms with E-state index in [1.54, 1.807) is 4.90 Å². The fourth-order valence-corrected chi connectivity index (χ4v) is 6.28. The second-order valence-electron chi connectivity index (χ2n) is 12.2. The number of fused-ring (bicyclic) bond motifs is 1. The van der Waals surface area contributed by atoms with E-state index >= 15 is 0 Å². The quantitative estimate of drug-likeness (QED) is 0.0830. The van der Waals surface area contributed by atoms with Gasteiger partial charge in [0.25, 0.3) is 0 Å². The summed E-state index contributed by atoms with van der Waals surface area (Å²) in [5, 5.41) is 105. The molecule has 19 heteroatoms. The third kappa shape index (κ3) is 7.95. The smallest absolute Gasteiger partial charge is 0.239 e. The summed E-state index contributed by atoms with van der Waals surface area (Å²) in [5.74, 6) is -3.01. The third-order valence-electron chi connectivity index (χ3n) is 8.75. The van der Waals surface area contributed by atoms with Gasteiger partial charge in [-0.1, -0.05) is 0 Å². The number of aliphatic hydroxyl groups is 6. The number of aromatic hydroxyl groups is 4. The van der Waals surface area contributed by atoms with E-state index in [-0.39, 0.29) is 35.0 Å². The maximum atomic E-state index is 14.2. The Morgan fingerprint density at radius 3 is 2.08 bits per heavy atom. The van der Waals surface area contributed by atoms with Crippen LogP contribution in [0.5, 0.6) is 28.7 Å². The minimum Gasteiger partial charge on any atom is -0.507 e. The highest BCUT2D eigenvalue weighted by Crippen LogP contribution is 2.41. The van der Waals surface area contributed by atoms with Crippen LogP contribution < -0.4 is 10.2 Å². The Hall–Kier alpha value is -3.17. The summed E-state index contributed by atoms with van der Waals surface area (Å²) in [7, 11) is 0. The first kappa shape index (κ1) is 39.0. The van der Waals surface area contributed by atoms with Gasteiger partial charge in [-0.2, -0.15) is 0 Å². The fourth-order valence-electron chi connectivity index (χ4n) is 5.80. The number of benzene rings is 2. The van der Waals surface area contributed by atoms with E-state index in [0.717, 1.165) is 18.2 Å². The van der Waals surface area contributed by atoms with Gasteiger partial charge in [-0.3, -0.25) is 9.69 Å². The fraction of sp³-hybridized carbons (Fsp3) is 0.531. The van der Waals surface area contributed by atoms with Crippen LogP contribution >= 0.6 is 23.2 Å². The number of aliphatic hydroxyl groups excluding tert-OH is 6. The number of halogens is 2. The van der Waals surface area contributed by atoms with Gasteiger partial charge < -0.3 is 74.4 Å². The number of phenolic OH excluding ortho intramolecular Hbond substituents is 4. The molecule has 2 saturated heterocycles. The molecule has 2 aliphatic rings. The molecule has 0 unspecified atom stereocenters. The highest BCUT2D eigenvalue weighted by Gasteiger charge is 2.48. The summed E-state index contributed by atoms with van der Waals surface area (Å²) in [5.41, 5.74) is -1.51. The molecule has 10 atom stereocenters. The van der Waals surface area contributed by atoms with Crippen molar-refractivity contribution >= 4 is 34.2 Å². The van der Waals surface area contributed by atoms with Gasteiger partial charge in [-0.15, -0.1) is 23.2 Å². The van der Waals surface area contributed by atoms with Crippen molar-refractivity contribution in [2.45, 2.75) is 74.9 Å².